The predicted octanol–water partition coefficient (Wildman–Crippen LogP) is 4.92. The smallest absolute Gasteiger partial charge is 0.397 e. The Morgan fingerprint density at radius 2 is 1.58 bits per heavy atom. The number of alkyl halides is 3. The van der Waals surface area contributed by atoms with E-state index in [9.17, 15) is 13.2 Å². The number of benzene rings is 2. The van der Waals surface area contributed by atoms with Crippen LogP contribution in [0.4, 0.5) is 18.9 Å². The molecule has 0 spiro atoms. The molecule has 2 N–H and O–H groups in total. The maximum absolute atomic E-state index is 12.8. The van der Waals surface area contributed by atoms with Crippen LogP contribution in [0.5, 0.6) is 0 Å². The molecule has 0 aliphatic carbocycles. The first kappa shape index (κ1) is 13.7. The summed E-state index contributed by atoms with van der Waals surface area (Å²) >= 11 is 5.78. The molecule has 0 heterocycles. The molecule has 0 unspecified atom stereocenters. The van der Waals surface area contributed by atoms with Crippen LogP contribution in [0, 0.1) is 6.92 Å². The van der Waals surface area contributed by atoms with Crippen molar-refractivity contribution in [1.82, 2.24) is 0 Å². The summed E-state index contributed by atoms with van der Waals surface area (Å²) in [6, 6.07) is 9.61. The molecule has 0 aromatic heterocycles. The summed E-state index contributed by atoms with van der Waals surface area (Å²) in [6.45, 7) is 1.90. The van der Waals surface area contributed by atoms with Gasteiger partial charge in [-0.1, -0.05) is 41.4 Å². The van der Waals surface area contributed by atoms with Gasteiger partial charge in [-0.15, -0.1) is 0 Å². The van der Waals surface area contributed by atoms with Crippen molar-refractivity contribution >= 4 is 17.3 Å². The fraction of sp³-hybridized carbons (Fsp3) is 0.143. The molecule has 2 aromatic rings. The van der Waals surface area contributed by atoms with Gasteiger partial charge in [0.15, 0.2) is 0 Å². The third kappa shape index (κ3) is 2.84. The number of hydrogen-bond acceptors (Lipinski definition) is 1. The first-order valence-corrected chi connectivity index (χ1v) is 5.90. The molecule has 0 aliphatic rings. The summed E-state index contributed by atoms with van der Waals surface area (Å²) in [4.78, 5) is 0. The minimum atomic E-state index is -4.52. The van der Waals surface area contributed by atoms with Crippen molar-refractivity contribution in [3.63, 3.8) is 0 Å². The lowest BCUT2D eigenvalue weighted by Crippen LogP contribution is -2.09. The number of aryl methyl sites for hydroxylation is 1. The Kier molecular flexibility index (Phi) is 3.45. The van der Waals surface area contributed by atoms with Crippen molar-refractivity contribution in [1.29, 1.82) is 0 Å². The molecule has 100 valence electrons. The quantitative estimate of drug-likeness (QED) is 0.740. The zero-order valence-corrected chi connectivity index (χ0v) is 10.8. The van der Waals surface area contributed by atoms with Crippen molar-refractivity contribution in [2.24, 2.45) is 0 Å². The molecule has 0 fully saturated rings. The Morgan fingerprint density at radius 3 is 2.11 bits per heavy atom. The monoisotopic (exact) mass is 285 g/mol. The van der Waals surface area contributed by atoms with Crippen LogP contribution in [0.15, 0.2) is 36.4 Å². The van der Waals surface area contributed by atoms with Crippen LogP contribution in [0.3, 0.4) is 0 Å². The van der Waals surface area contributed by atoms with Crippen molar-refractivity contribution in [3.8, 4) is 11.1 Å². The number of hydrogen-bond donors (Lipinski definition) is 1. The van der Waals surface area contributed by atoms with Gasteiger partial charge in [-0.3, -0.25) is 0 Å². The summed E-state index contributed by atoms with van der Waals surface area (Å²) in [5.74, 6) is 0. The second-order valence-corrected chi connectivity index (χ2v) is 4.69. The highest BCUT2D eigenvalue weighted by Crippen LogP contribution is 2.40. The summed E-state index contributed by atoms with van der Waals surface area (Å²) in [5, 5.41) is -0.0922. The van der Waals surface area contributed by atoms with Crippen LogP contribution in [-0.4, -0.2) is 0 Å². The van der Waals surface area contributed by atoms with Gasteiger partial charge >= 0.3 is 6.18 Å². The molecule has 0 bridgehead atoms. The summed E-state index contributed by atoms with van der Waals surface area (Å²) in [6.07, 6.45) is -4.52. The largest absolute Gasteiger partial charge is 0.418 e. The van der Waals surface area contributed by atoms with Crippen molar-refractivity contribution in [2.75, 3.05) is 5.73 Å². The number of rotatable bonds is 1. The van der Waals surface area contributed by atoms with Crippen molar-refractivity contribution in [2.45, 2.75) is 13.1 Å². The molecule has 0 amide bonds. The fourth-order valence-electron chi connectivity index (χ4n) is 1.77. The van der Waals surface area contributed by atoms with E-state index in [4.69, 9.17) is 17.3 Å². The van der Waals surface area contributed by atoms with Crippen LogP contribution in [0.25, 0.3) is 11.1 Å². The van der Waals surface area contributed by atoms with Gasteiger partial charge in [0.25, 0.3) is 0 Å². The molecular formula is C14H11ClF3N. The Morgan fingerprint density at radius 1 is 1.00 bits per heavy atom. The highest BCUT2D eigenvalue weighted by Gasteiger charge is 2.34. The highest BCUT2D eigenvalue weighted by molar-refractivity contribution is 6.33. The lowest BCUT2D eigenvalue weighted by molar-refractivity contribution is -0.136. The van der Waals surface area contributed by atoms with Gasteiger partial charge in [0.2, 0.25) is 0 Å². The van der Waals surface area contributed by atoms with E-state index in [1.165, 1.54) is 6.07 Å². The third-order valence-electron chi connectivity index (χ3n) is 2.82. The topological polar surface area (TPSA) is 26.0 Å². The average Bonchev–Trinajstić information content (AvgIpc) is 2.32. The molecule has 19 heavy (non-hydrogen) atoms. The molecule has 0 atom stereocenters. The minimum Gasteiger partial charge on any atom is -0.397 e. The van der Waals surface area contributed by atoms with E-state index in [0.29, 0.717) is 11.1 Å². The second kappa shape index (κ2) is 4.78. The fourth-order valence-corrected chi connectivity index (χ4v) is 1.98. The molecule has 0 aliphatic heterocycles. The van der Waals surface area contributed by atoms with E-state index in [-0.39, 0.29) is 5.02 Å². The van der Waals surface area contributed by atoms with Crippen LogP contribution >= 0.6 is 11.6 Å². The predicted molar refractivity (Wildman–Crippen MR) is 71.0 cm³/mol. The van der Waals surface area contributed by atoms with Gasteiger partial charge in [0.05, 0.1) is 16.3 Å². The summed E-state index contributed by atoms with van der Waals surface area (Å²) in [5.41, 5.74) is 6.13. The lowest BCUT2D eigenvalue weighted by Gasteiger charge is -2.13. The molecule has 2 rings (SSSR count). The van der Waals surface area contributed by atoms with Gasteiger partial charge < -0.3 is 5.73 Å². The number of nitrogen functional groups attached to an aromatic ring is 1. The maximum Gasteiger partial charge on any atom is 0.418 e. The first-order valence-electron chi connectivity index (χ1n) is 5.52. The highest BCUT2D eigenvalue weighted by atomic mass is 35.5. The second-order valence-electron chi connectivity index (χ2n) is 4.28. The van der Waals surface area contributed by atoms with Gasteiger partial charge in [-0.25, -0.2) is 0 Å². The van der Waals surface area contributed by atoms with Gasteiger partial charge in [-0.05, 0) is 30.2 Å². The Bertz CT molecular complexity index is 603. The van der Waals surface area contributed by atoms with E-state index < -0.39 is 17.4 Å². The van der Waals surface area contributed by atoms with Gasteiger partial charge in [0, 0.05) is 0 Å². The molecule has 1 nitrogen and oxygen atoms in total. The molecule has 0 saturated carbocycles. The molecule has 0 saturated heterocycles. The zero-order chi connectivity index (χ0) is 14.2. The Balaban J connectivity index is 2.60. The first-order chi connectivity index (χ1) is 8.79. The Hall–Kier alpha value is -1.68. The molecule has 2 aromatic carbocycles. The Labute approximate surface area is 113 Å². The molecule has 0 radical (unpaired) electrons. The van der Waals surface area contributed by atoms with Crippen molar-refractivity contribution < 1.29 is 13.2 Å². The number of halogens is 4. The van der Waals surface area contributed by atoms with Gasteiger partial charge in [-0.2, -0.15) is 13.2 Å². The van der Waals surface area contributed by atoms with E-state index in [1.54, 1.807) is 12.1 Å². The molecule has 5 heteroatoms. The summed E-state index contributed by atoms with van der Waals surface area (Å²) in [7, 11) is 0. The summed E-state index contributed by atoms with van der Waals surface area (Å²) < 4.78 is 38.5. The van der Waals surface area contributed by atoms with Crippen LogP contribution in [0.1, 0.15) is 11.1 Å². The number of anilines is 1. The van der Waals surface area contributed by atoms with E-state index in [2.05, 4.69) is 0 Å². The van der Waals surface area contributed by atoms with E-state index in [1.807, 2.05) is 19.1 Å². The lowest BCUT2D eigenvalue weighted by atomic mass is 10.0. The van der Waals surface area contributed by atoms with E-state index >= 15 is 0 Å². The molecular weight excluding hydrogens is 275 g/mol. The van der Waals surface area contributed by atoms with Gasteiger partial charge in [0.1, 0.15) is 0 Å². The zero-order valence-electron chi connectivity index (χ0n) is 10.1. The normalized spacial score (nSPS) is 11.6. The van der Waals surface area contributed by atoms with Crippen LogP contribution < -0.4 is 5.73 Å². The number of nitrogens with two attached hydrogens (primary N) is 1. The van der Waals surface area contributed by atoms with Crippen LogP contribution in [-0.2, 0) is 6.18 Å². The van der Waals surface area contributed by atoms with Crippen LogP contribution in [0.2, 0.25) is 5.02 Å². The van der Waals surface area contributed by atoms with E-state index in [0.717, 1.165) is 11.6 Å². The average molecular weight is 286 g/mol. The standard InChI is InChI=1S/C14H11ClF3N/c1-8-2-4-9(5-3-8)10-6-11(14(16,17)18)13(19)12(15)7-10/h2-7H,19H2,1H3. The SMILES string of the molecule is Cc1ccc(-c2cc(Cl)c(N)c(C(F)(F)F)c2)cc1. The third-order valence-corrected chi connectivity index (χ3v) is 3.13. The minimum absolute atomic E-state index is 0.0922. The van der Waals surface area contributed by atoms with Crippen molar-refractivity contribution in [3.05, 3.63) is 52.5 Å². The maximum atomic E-state index is 12.8.